The van der Waals surface area contributed by atoms with Gasteiger partial charge in [-0.15, -0.1) is 0 Å². The van der Waals surface area contributed by atoms with Crippen LogP contribution in [0.1, 0.15) is 47.1 Å². The molecule has 9 heteroatoms. The van der Waals surface area contributed by atoms with Crippen molar-refractivity contribution in [1.29, 1.82) is 0 Å². The second-order valence-electron chi connectivity index (χ2n) is 12.7. The van der Waals surface area contributed by atoms with Crippen LogP contribution < -0.4 is 4.74 Å². The van der Waals surface area contributed by atoms with Crippen molar-refractivity contribution < 1.29 is 32.9 Å². The minimum Gasteiger partial charge on any atom is -0.504 e. The minimum absolute atomic E-state index is 0.0600. The third-order valence-electron chi connectivity index (χ3n) is 10.5. The van der Waals surface area contributed by atoms with Crippen LogP contribution in [0.2, 0.25) is 0 Å². The Kier molecular flexibility index (Phi) is 6.82. The number of likely N-dealkylation sites (tertiary alicyclic amines) is 1. The number of rotatable bonds is 6. The molecular weight excluding hydrogens is 569 g/mol. The highest BCUT2D eigenvalue weighted by atomic mass is 19.4. The minimum atomic E-state index is -4.47. The van der Waals surface area contributed by atoms with Crippen LogP contribution in [0.15, 0.2) is 72.8 Å². The normalized spacial score (nSPS) is 28.9. The van der Waals surface area contributed by atoms with E-state index in [2.05, 4.69) is 17.0 Å². The number of nitrogens with zero attached hydrogens (tertiary/aromatic N) is 2. The molecule has 0 aromatic heterocycles. The van der Waals surface area contributed by atoms with Gasteiger partial charge in [0.05, 0.1) is 16.6 Å². The van der Waals surface area contributed by atoms with E-state index in [9.17, 15) is 28.2 Å². The zero-order chi connectivity index (χ0) is 30.9. The van der Waals surface area contributed by atoms with Gasteiger partial charge in [0.2, 0.25) is 5.91 Å². The van der Waals surface area contributed by atoms with E-state index in [-0.39, 0.29) is 29.3 Å². The number of hydrogen-bond donors (Lipinski definition) is 2. The van der Waals surface area contributed by atoms with Gasteiger partial charge in [0.1, 0.15) is 6.10 Å². The van der Waals surface area contributed by atoms with Gasteiger partial charge in [-0.1, -0.05) is 48.5 Å². The summed E-state index contributed by atoms with van der Waals surface area (Å²) in [5.41, 5.74) is 0.812. The van der Waals surface area contributed by atoms with Crippen LogP contribution in [-0.4, -0.2) is 69.8 Å². The van der Waals surface area contributed by atoms with Gasteiger partial charge in [-0.3, -0.25) is 9.69 Å². The maximum atomic E-state index is 13.4. The number of hydrogen-bond acceptors (Lipinski definition) is 5. The molecule has 0 radical (unpaired) electrons. The molecule has 1 amide bonds. The van der Waals surface area contributed by atoms with E-state index in [1.54, 1.807) is 18.0 Å². The lowest BCUT2D eigenvalue weighted by Gasteiger charge is -2.64. The Balaban J connectivity index is 1.18. The Labute approximate surface area is 254 Å². The summed E-state index contributed by atoms with van der Waals surface area (Å²) < 4.78 is 46.0. The number of alkyl halides is 3. The maximum absolute atomic E-state index is 13.4. The fraction of sp³-hybridized carbons (Fsp3) is 0.400. The van der Waals surface area contributed by atoms with Crippen molar-refractivity contribution in [2.24, 2.45) is 0 Å². The third-order valence-corrected chi connectivity index (χ3v) is 10.5. The second-order valence-corrected chi connectivity index (χ2v) is 12.7. The van der Waals surface area contributed by atoms with Crippen LogP contribution in [0.5, 0.6) is 11.5 Å². The van der Waals surface area contributed by atoms with Gasteiger partial charge in [0, 0.05) is 43.7 Å². The number of phenols is 1. The average Bonchev–Trinajstić information content (AvgIpc) is 3.35. The van der Waals surface area contributed by atoms with Gasteiger partial charge in [0.15, 0.2) is 11.5 Å². The fourth-order valence-corrected chi connectivity index (χ4v) is 8.39. The molecule has 1 saturated heterocycles. The number of piperidine rings is 1. The number of aliphatic hydroxyl groups is 1. The lowest BCUT2D eigenvalue weighted by atomic mass is 9.48. The van der Waals surface area contributed by atoms with Crippen molar-refractivity contribution in [2.45, 2.75) is 67.5 Å². The van der Waals surface area contributed by atoms with Gasteiger partial charge in [-0.05, 0) is 73.2 Å². The summed E-state index contributed by atoms with van der Waals surface area (Å²) in [5, 5.41) is 23.7. The van der Waals surface area contributed by atoms with Gasteiger partial charge >= 0.3 is 6.18 Å². The van der Waals surface area contributed by atoms with Crippen LogP contribution in [0.3, 0.4) is 0 Å². The van der Waals surface area contributed by atoms with E-state index in [1.165, 1.54) is 29.8 Å². The SMILES string of the molecule is CN(C(=O)C=Cc1cccc(C(F)(F)F)c1)[C@@H]1C[C@@H]2Oc3c(O)ccc4c3[C@@]23CCN(CCc2ccccc2)[C@H](C4)[C@]3(O)C1. The molecule has 6 nitrogen and oxygen atoms in total. The molecule has 3 aromatic rings. The number of aromatic hydroxyl groups is 1. The van der Waals surface area contributed by atoms with Crippen LogP contribution in [0.4, 0.5) is 13.2 Å². The first-order chi connectivity index (χ1) is 21.0. The van der Waals surface area contributed by atoms with E-state index in [0.717, 1.165) is 42.8 Å². The molecule has 2 fully saturated rings. The molecular formula is C35H35F3N2O4. The number of amides is 1. The molecule has 2 aliphatic heterocycles. The monoisotopic (exact) mass is 604 g/mol. The molecule has 1 saturated carbocycles. The molecule has 0 unspecified atom stereocenters. The second kappa shape index (κ2) is 10.4. The lowest BCUT2D eigenvalue weighted by Crippen LogP contribution is -2.77. The van der Waals surface area contributed by atoms with E-state index in [0.29, 0.717) is 31.4 Å². The first-order valence-corrected chi connectivity index (χ1v) is 15.2. The summed E-state index contributed by atoms with van der Waals surface area (Å²) in [4.78, 5) is 17.3. The van der Waals surface area contributed by atoms with Crippen molar-refractivity contribution in [3.8, 4) is 11.5 Å². The highest BCUT2D eigenvalue weighted by Crippen LogP contribution is 2.65. The largest absolute Gasteiger partial charge is 0.504 e. The number of halogens is 3. The molecule has 5 atom stereocenters. The lowest BCUT2D eigenvalue weighted by molar-refractivity contribution is -0.197. The molecule has 44 heavy (non-hydrogen) atoms. The van der Waals surface area contributed by atoms with Gasteiger partial charge < -0.3 is 19.8 Å². The summed E-state index contributed by atoms with van der Waals surface area (Å²) in [6.07, 6.45) is 0.671. The molecule has 1 spiro atoms. The number of ether oxygens (including phenoxy) is 1. The van der Waals surface area contributed by atoms with Crippen LogP contribution in [-0.2, 0) is 29.2 Å². The van der Waals surface area contributed by atoms with Gasteiger partial charge in [0.25, 0.3) is 0 Å². The molecule has 3 aromatic carbocycles. The summed E-state index contributed by atoms with van der Waals surface area (Å²) in [6.45, 7) is 1.56. The van der Waals surface area contributed by atoms with Crippen molar-refractivity contribution in [3.63, 3.8) is 0 Å². The van der Waals surface area contributed by atoms with Crippen molar-refractivity contribution in [3.05, 3.63) is 101 Å². The van der Waals surface area contributed by atoms with E-state index < -0.39 is 28.9 Å². The Morgan fingerprint density at radius 3 is 2.70 bits per heavy atom. The molecule has 2 aliphatic carbocycles. The Morgan fingerprint density at radius 2 is 1.93 bits per heavy atom. The fourth-order valence-electron chi connectivity index (χ4n) is 8.39. The summed E-state index contributed by atoms with van der Waals surface area (Å²) in [7, 11) is 1.67. The Hall–Kier alpha value is -3.82. The predicted octanol–water partition coefficient (Wildman–Crippen LogP) is 5.35. The molecule has 230 valence electrons. The predicted molar refractivity (Wildman–Crippen MR) is 159 cm³/mol. The highest BCUT2D eigenvalue weighted by molar-refractivity contribution is 5.92. The van der Waals surface area contributed by atoms with Crippen LogP contribution in [0.25, 0.3) is 6.08 Å². The number of phenolic OH excluding ortho intramolecular Hbond substituents is 1. The average molecular weight is 605 g/mol. The van der Waals surface area contributed by atoms with Crippen molar-refractivity contribution >= 4 is 12.0 Å². The van der Waals surface area contributed by atoms with Crippen molar-refractivity contribution in [1.82, 2.24) is 9.80 Å². The van der Waals surface area contributed by atoms with E-state index in [4.69, 9.17) is 4.74 Å². The zero-order valence-electron chi connectivity index (χ0n) is 24.4. The van der Waals surface area contributed by atoms with Crippen LogP contribution in [0, 0.1) is 0 Å². The number of carbonyl (C=O) groups is 1. The van der Waals surface area contributed by atoms with E-state index in [1.807, 2.05) is 24.3 Å². The summed E-state index contributed by atoms with van der Waals surface area (Å²) >= 11 is 0. The quantitative estimate of drug-likeness (QED) is 0.372. The topological polar surface area (TPSA) is 73.2 Å². The zero-order valence-corrected chi connectivity index (χ0v) is 24.4. The van der Waals surface area contributed by atoms with Crippen molar-refractivity contribution in [2.75, 3.05) is 20.1 Å². The Bertz CT molecular complexity index is 1630. The number of carbonyl (C=O) groups excluding carboxylic acids is 1. The Morgan fingerprint density at radius 1 is 1.14 bits per heavy atom. The molecule has 2 bridgehead atoms. The summed E-state index contributed by atoms with van der Waals surface area (Å²) in [5.74, 6) is 0.138. The standard InChI is InChI=1S/C35H35F3N2O4/c1-39(30(42)13-10-23-8-5-9-25(18-23)35(36,37)38)26-20-29-33-15-17-40(16-14-22-6-3-2-4-7-22)28(34(33,43)21-26)19-24-11-12-27(41)32(44-29)31(24)33/h2-13,18,26,28-29,41,43H,14-17,19-21H2,1H3/t26-,28-,29+,33-,34-/m1/s1. The third kappa shape index (κ3) is 4.43. The number of benzene rings is 3. The van der Waals surface area contributed by atoms with E-state index >= 15 is 0 Å². The maximum Gasteiger partial charge on any atom is 0.416 e. The first-order valence-electron chi connectivity index (χ1n) is 15.2. The highest BCUT2D eigenvalue weighted by Gasteiger charge is 2.72. The molecule has 7 rings (SSSR count). The smallest absolute Gasteiger partial charge is 0.416 e. The van der Waals surface area contributed by atoms with Gasteiger partial charge in [-0.25, -0.2) is 0 Å². The number of likely N-dealkylation sites (N-methyl/N-ethyl adjacent to an activating group) is 1. The summed E-state index contributed by atoms with van der Waals surface area (Å²) in [6, 6.07) is 18.1. The van der Waals surface area contributed by atoms with Gasteiger partial charge in [-0.2, -0.15) is 13.2 Å². The molecule has 2 heterocycles. The molecule has 4 aliphatic rings. The first kappa shape index (κ1) is 28.9. The van der Waals surface area contributed by atoms with Crippen LogP contribution >= 0.6 is 0 Å². The molecule has 2 N–H and O–H groups in total.